The first-order valence-corrected chi connectivity index (χ1v) is 6.90. The van der Waals surface area contributed by atoms with Gasteiger partial charge >= 0.3 is 0 Å². The van der Waals surface area contributed by atoms with E-state index in [1.807, 2.05) is 11.8 Å². The zero-order chi connectivity index (χ0) is 14.3. The molecular weight excluding hydrogens is 311 g/mol. The van der Waals surface area contributed by atoms with E-state index in [0.29, 0.717) is 25.2 Å². The highest BCUT2D eigenvalue weighted by Crippen LogP contribution is 2.17. The number of likely N-dealkylation sites (N-methyl/N-ethyl adjacent to an activating group) is 1. The number of carbonyl (C=O) groups is 1. The molecule has 0 unspecified atom stereocenters. The molecule has 0 aromatic heterocycles. The van der Waals surface area contributed by atoms with Crippen LogP contribution in [0, 0.1) is 5.82 Å². The molecule has 1 rings (SSSR count). The van der Waals surface area contributed by atoms with E-state index in [2.05, 4.69) is 27.8 Å². The first-order valence-electron chi connectivity index (χ1n) is 6.10. The Labute approximate surface area is 121 Å². The van der Waals surface area contributed by atoms with Crippen LogP contribution in [0.25, 0.3) is 0 Å². The highest BCUT2D eigenvalue weighted by molar-refractivity contribution is 9.10. The second-order valence-corrected chi connectivity index (χ2v) is 5.05. The van der Waals surface area contributed by atoms with Crippen LogP contribution in [0.5, 0.6) is 0 Å². The minimum absolute atomic E-state index is 0.0860. The normalized spacial score (nSPS) is 10.5. The summed E-state index contributed by atoms with van der Waals surface area (Å²) < 4.78 is 14.5. The van der Waals surface area contributed by atoms with Gasteiger partial charge in [-0.15, -0.1) is 6.58 Å². The highest BCUT2D eigenvalue weighted by atomic mass is 79.9. The van der Waals surface area contributed by atoms with Crippen LogP contribution in [0.2, 0.25) is 0 Å². The third kappa shape index (κ3) is 5.53. The molecule has 3 nitrogen and oxygen atoms in total. The number of hydrogen-bond acceptors (Lipinski definition) is 2. The van der Waals surface area contributed by atoms with Gasteiger partial charge in [-0.1, -0.05) is 28.9 Å². The number of rotatable bonds is 7. The molecule has 5 heteroatoms. The zero-order valence-electron chi connectivity index (χ0n) is 11.0. The molecule has 0 aliphatic carbocycles. The Morgan fingerprint density at radius 1 is 1.58 bits per heavy atom. The fourth-order valence-corrected chi connectivity index (χ4v) is 2.04. The van der Waals surface area contributed by atoms with Crippen molar-refractivity contribution in [1.82, 2.24) is 10.2 Å². The molecule has 1 aromatic carbocycles. The Kier molecular flexibility index (Phi) is 6.73. The molecule has 0 saturated heterocycles. The molecule has 104 valence electrons. The van der Waals surface area contributed by atoms with Crippen LogP contribution in [0.1, 0.15) is 12.5 Å². The molecule has 0 spiro atoms. The van der Waals surface area contributed by atoms with Gasteiger partial charge in [-0.25, -0.2) is 4.39 Å². The maximum Gasteiger partial charge on any atom is 0.234 e. The van der Waals surface area contributed by atoms with E-state index in [1.54, 1.807) is 18.2 Å². The predicted molar refractivity (Wildman–Crippen MR) is 78.3 cm³/mol. The molecule has 0 fully saturated rings. The molecule has 0 heterocycles. The number of amides is 1. The SMILES string of the molecule is C=CCNC(=O)CN(CC)Cc1cc(Br)ccc1F. The van der Waals surface area contributed by atoms with Crippen LogP contribution in [-0.4, -0.2) is 30.4 Å². The van der Waals surface area contributed by atoms with E-state index in [9.17, 15) is 9.18 Å². The van der Waals surface area contributed by atoms with Crippen LogP contribution in [0.4, 0.5) is 4.39 Å². The van der Waals surface area contributed by atoms with Gasteiger partial charge in [-0.05, 0) is 24.7 Å². The van der Waals surface area contributed by atoms with Crippen LogP contribution in [0.3, 0.4) is 0 Å². The maximum atomic E-state index is 13.6. The van der Waals surface area contributed by atoms with Crippen LogP contribution >= 0.6 is 15.9 Å². The third-order valence-corrected chi connectivity index (χ3v) is 3.15. The topological polar surface area (TPSA) is 32.3 Å². The number of hydrogen-bond donors (Lipinski definition) is 1. The van der Waals surface area contributed by atoms with Crippen molar-refractivity contribution in [3.63, 3.8) is 0 Å². The van der Waals surface area contributed by atoms with Gasteiger partial charge in [0.05, 0.1) is 6.54 Å². The fraction of sp³-hybridized carbons (Fsp3) is 0.357. The number of halogens is 2. The second-order valence-electron chi connectivity index (χ2n) is 4.13. The van der Waals surface area contributed by atoms with Crippen LogP contribution in [-0.2, 0) is 11.3 Å². The quantitative estimate of drug-likeness (QED) is 0.780. The molecule has 0 saturated carbocycles. The molecule has 1 amide bonds. The van der Waals surface area contributed by atoms with Crippen molar-refractivity contribution in [2.45, 2.75) is 13.5 Å². The average molecular weight is 329 g/mol. The molecule has 1 aromatic rings. The van der Waals surface area contributed by atoms with Gasteiger partial charge in [0, 0.05) is 23.1 Å². The zero-order valence-corrected chi connectivity index (χ0v) is 12.5. The minimum atomic E-state index is -0.256. The Balaban J connectivity index is 2.63. The van der Waals surface area contributed by atoms with Gasteiger partial charge in [0.2, 0.25) is 5.91 Å². The molecule has 0 atom stereocenters. The Hall–Kier alpha value is -1.20. The molecular formula is C14H18BrFN2O. The summed E-state index contributed by atoms with van der Waals surface area (Å²) in [5, 5.41) is 2.71. The Morgan fingerprint density at radius 3 is 2.95 bits per heavy atom. The van der Waals surface area contributed by atoms with E-state index in [-0.39, 0.29) is 18.3 Å². The van der Waals surface area contributed by atoms with Crippen LogP contribution < -0.4 is 5.32 Å². The van der Waals surface area contributed by atoms with E-state index in [0.717, 1.165) is 4.47 Å². The molecule has 0 aliphatic heterocycles. The first-order chi connectivity index (χ1) is 9.06. The van der Waals surface area contributed by atoms with E-state index in [4.69, 9.17) is 0 Å². The summed E-state index contributed by atoms with van der Waals surface area (Å²) >= 11 is 3.32. The maximum absolute atomic E-state index is 13.6. The number of nitrogens with zero attached hydrogens (tertiary/aromatic N) is 1. The van der Waals surface area contributed by atoms with Gasteiger partial charge < -0.3 is 5.32 Å². The lowest BCUT2D eigenvalue weighted by molar-refractivity contribution is -0.122. The molecule has 0 radical (unpaired) electrons. The molecule has 1 N–H and O–H groups in total. The van der Waals surface area contributed by atoms with Crippen molar-refractivity contribution >= 4 is 21.8 Å². The van der Waals surface area contributed by atoms with Crippen molar-refractivity contribution in [1.29, 1.82) is 0 Å². The Morgan fingerprint density at radius 2 is 2.32 bits per heavy atom. The summed E-state index contributed by atoms with van der Waals surface area (Å²) in [7, 11) is 0. The number of benzene rings is 1. The van der Waals surface area contributed by atoms with Crippen LogP contribution in [0.15, 0.2) is 35.3 Å². The second kappa shape index (κ2) is 8.07. The standard InChI is InChI=1S/C14H18BrFN2O/c1-3-7-17-14(19)10-18(4-2)9-11-8-12(15)5-6-13(11)16/h3,5-6,8H,1,4,7,9-10H2,2H3,(H,17,19). The van der Waals surface area contributed by atoms with Gasteiger partial charge in [0.15, 0.2) is 0 Å². The molecule has 0 aliphatic rings. The van der Waals surface area contributed by atoms with Crippen molar-refractivity contribution in [2.24, 2.45) is 0 Å². The summed E-state index contributed by atoms with van der Waals surface area (Å²) in [5.41, 5.74) is 0.577. The fourth-order valence-electron chi connectivity index (χ4n) is 1.63. The highest BCUT2D eigenvalue weighted by Gasteiger charge is 2.11. The monoisotopic (exact) mass is 328 g/mol. The lowest BCUT2D eigenvalue weighted by Gasteiger charge is -2.20. The summed E-state index contributed by atoms with van der Waals surface area (Å²) in [4.78, 5) is 13.5. The molecule has 0 bridgehead atoms. The smallest absolute Gasteiger partial charge is 0.234 e. The van der Waals surface area contributed by atoms with Crippen molar-refractivity contribution < 1.29 is 9.18 Å². The van der Waals surface area contributed by atoms with Gasteiger partial charge in [0.1, 0.15) is 5.82 Å². The van der Waals surface area contributed by atoms with Gasteiger partial charge in [0.25, 0.3) is 0 Å². The third-order valence-electron chi connectivity index (χ3n) is 2.66. The van der Waals surface area contributed by atoms with E-state index >= 15 is 0 Å². The summed E-state index contributed by atoms with van der Waals surface area (Å²) in [6, 6.07) is 4.82. The summed E-state index contributed by atoms with van der Waals surface area (Å²) in [6.07, 6.45) is 1.63. The summed E-state index contributed by atoms with van der Waals surface area (Å²) in [6.45, 7) is 7.25. The van der Waals surface area contributed by atoms with Crippen molar-refractivity contribution in [3.05, 3.63) is 46.7 Å². The van der Waals surface area contributed by atoms with Gasteiger partial charge in [-0.2, -0.15) is 0 Å². The lowest BCUT2D eigenvalue weighted by atomic mass is 10.2. The van der Waals surface area contributed by atoms with Crippen molar-refractivity contribution in [3.8, 4) is 0 Å². The average Bonchev–Trinajstić information content (AvgIpc) is 2.39. The number of nitrogens with one attached hydrogen (secondary N) is 1. The predicted octanol–water partition coefficient (Wildman–Crippen LogP) is 2.71. The Bertz CT molecular complexity index is 451. The van der Waals surface area contributed by atoms with Gasteiger partial charge in [-0.3, -0.25) is 9.69 Å². The van der Waals surface area contributed by atoms with Crippen molar-refractivity contribution in [2.75, 3.05) is 19.6 Å². The van der Waals surface area contributed by atoms with E-state index < -0.39 is 0 Å². The first kappa shape index (κ1) is 15.9. The van der Waals surface area contributed by atoms with E-state index in [1.165, 1.54) is 6.07 Å². The number of carbonyl (C=O) groups excluding carboxylic acids is 1. The minimum Gasteiger partial charge on any atom is -0.352 e. The largest absolute Gasteiger partial charge is 0.352 e. The lowest BCUT2D eigenvalue weighted by Crippen LogP contribution is -2.37. The summed E-state index contributed by atoms with van der Waals surface area (Å²) in [5.74, 6) is -0.342. The molecule has 19 heavy (non-hydrogen) atoms.